The molecule has 7 heterocycles. The molecule has 504 valence electrons. The van der Waals surface area contributed by atoms with Crippen molar-refractivity contribution in [3.8, 4) is 5.75 Å². The van der Waals surface area contributed by atoms with Crippen molar-refractivity contribution in [3.05, 3.63) is 84.4 Å². The van der Waals surface area contributed by atoms with E-state index >= 15 is 47.9 Å². The van der Waals surface area contributed by atoms with E-state index < -0.39 is 234 Å². The summed E-state index contributed by atoms with van der Waals surface area (Å²) in [5.41, 5.74) is -10.8. The van der Waals surface area contributed by atoms with Crippen LogP contribution in [-0.2, 0) is 76.4 Å². The highest BCUT2D eigenvalue weighted by Crippen LogP contribution is 3.03. The Morgan fingerprint density at radius 3 is 1.06 bits per heavy atom. The molecule has 12 saturated carbocycles. The number of likely N-dealkylation sites (tertiary alicyclic amines) is 2. The van der Waals surface area contributed by atoms with Gasteiger partial charge in [-0.25, -0.2) is 32.9 Å². The molecule has 2 spiro atoms. The number of imide groups is 3. The molecule has 24 atom stereocenters. The van der Waals surface area contributed by atoms with Crippen molar-refractivity contribution in [1.82, 2.24) is 20.4 Å². The number of carbonyl (C=O) groups is 10. The molecule has 4 N–H and O–H groups in total. The Balaban J connectivity index is 0.731. The summed E-state index contributed by atoms with van der Waals surface area (Å²) in [7, 11) is 6.33. The molecule has 19 fully saturated rings. The van der Waals surface area contributed by atoms with E-state index in [4.69, 9.17) is 57.6 Å². The standard InChI is InChI=1S/C69H65F2N7O17S2/c1-89-29-16-14-28(15-17-29)78-56(83)64-44-38-39-45(49-48(44)66(58(85)90-2)40-30-22-31(41(40)67(49,94-66)59(86)91-3)35-34(30)52(79)76(53(35)80)20-18-72-62(96)74-26-10-6-24(70)7-11-26)65(64,57(78)84)46(38)50-51(47(39)64)69(61(88)93-5)43-33-23-32(42(43)68(50,95-69)60(87)92-4)36-37(33)55(82)77(54(36)81)21-19-73-63(97)75-27-12-8-25(71)9-13-27/h6-17,30-51H,18-23H2,1-5H3,(H2,72,74,96)(H2,73,75,97). The van der Waals surface area contributed by atoms with Crippen molar-refractivity contribution >= 4 is 111 Å². The molecule has 16 bridgehead atoms. The first kappa shape index (κ1) is 60.1. The number of hydrogen-bond acceptors (Lipinski definition) is 19. The van der Waals surface area contributed by atoms with Gasteiger partial charge in [-0.2, -0.15) is 0 Å². The number of nitrogens with zero attached hydrogens (tertiary/aromatic N) is 3. The molecule has 22 rings (SSSR count). The highest BCUT2D eigenvalue weighted by atomic mass is 32.1. The summed E-state index contributed by atoms with van der Waals surface area (Å²) in [4.78, 5) is 162. The fourth-order valence-electron chi connectivity index (χ4n) is 27.4. The quantitative estimate of drug-likeness (QED) is 0.0781. The largest absolute Gasteiger partial charge is 0.497 e. The summed E-state index contributed by atoms with van der Waals surface area (Å²) in [6.45, 7) is -0.105. The van der Waals surface area contributed by atoms with Crippen molar-refractivity contribution in [3.63, 3.8) is 0 Å². The lowest BCUT2D eigenvalue weighted by Crippen LogP contribution is -2.73. The van der Waals surface area contributed by atoms with Gasteiger partial charge in [-0.1, -0.05) is 0 Å². The zero-order valence-corrected chi connectivity index (χ0v) is 54.4. The smallest absolute Gasteiger partial charge is 0.338 e. The van der Waals surface area contributed by atoms with Crippen molar-refractivity contribution < 1.29 is 89.9 Å². The van der Waals surface area contributed by atoms with Crippen LogP contribution in [0.2, 0.25) is 0 Å². The van der Waals surface area contributed by atoms with Crippen LogP contribution < -0.4 is 30.9 Å². The normalized spacial score (nSPS) is 45.6. The van der Waals surface area contributed by atoms with Gasteiger partial charge in [0.05, 0.1) is 75.7 Å². The Hall–Kier alpha value is -8.08. The van der Waals surface area contributed by atoms with Crippen LogP contribution in [0.5, 0.6) is 5.75 Å². The minimum Gasteiger partial charge on any atom is -0.497 e. The van der Waals surface area contributed by atoms with Gasteiger partial charge in [0.2, 0.25) is 35.4 Å². The van der Waals surface area contributed by atoms with Crippen LogP contribution in [0.3, 0.4) is 0 Å². The number of carbonyl (C=O) groups excluding carboxylic acids is 10. The fraction of sp³-hybridized carbons (Fsp3) is 0.565. The van der Waals surface area contributed by atoms with E-state index in [1.54, 1.807) is 24.3 Å². The van der Waals surface area contributed by atoms with Crippen LogP contribution in [0, 0.1) is 153 Å². The molecule has 7 saturated heterocycles. The van der Waals surface area contributed by atoms with Crippen molar-refractivity contribution in [1.29, 1.82) is 0 Å². The molecule has 0 radical (unpaired) electrons. The number of anilines is 3. The molecule has 24 unspecified atom stereocenters. The lowest BCUT2D eigenvalue weighted by atomic mass is 9.35. The summed E-state index contributed by atoms with van der Waals surface area (Å²) in [6, 6.07) is 17.5. The van der Waals surface area contributed by atoms with Crippen molar-refractivity contribution in [2.75, 3.05) is 77.3 Å². The summed E-state index contributed by atoms with van der Waals surface area (Å²) in [5, 5.41) is 12.3. The molecule has 7 aliphatic heterocycles. The molecule has 12 aliphatic carbocycles. The number of nitrogens with one attached hydrogen (secondary N) is 4. The number of benzene rings is 3. The first-order valence-electron chi connectivity index (χ1n) is 33.2. The third-order valence-electron chi connectivity index (χ3n) is 28.3. The van der Waals surface area contributed by atoms with Gasteiger partial charge in [0, 0.05) is 84.9 Å². The summed E-state index contributed by atoms with van der Waals surface area (Å²) in [5.74, 6) is -27.3. The summed E-state index contributed by atoms with van der Waals surface area (Å²) >= 11 is 11.0. The third-order valence-corrected chi connectivity index (χ3v) is 28.8. The molecule has 0 aromatic heterocycles. The summed E-state index contributed by atoms with van der Waals surface area (Å²) in [6.07, 6.45) is 0.518. The van der Waals surface area contributed by atoms with Crippen molar-refractivity contribution in [2.45, 2.75) is 35.2 Å². The lowest BCUT2D eigenvalue weighted by molar-refractivity contribution is -0.203. The minimum atomic E-state index is -2.10. The van der Waals surface area contributed by atoms with Crippen LogP contribution in [0.25, 0.3) is 0 Å². The molecular formula is C69H65F2N7O17S2. The number of halogens is 2. The minimum absolute atomic E-state index is 0.0428. The Bertz CT molecular complexity index is 3860. The molecule has 6 amide bonds. The van der Waals surface area contributed by atoms with Gasteiger partial charge in [-0.15, -0.1) is 0 Å². The predicted octanol–water partition coefficient (Wildman–Crippen LogP) is 2.72. The molecule has 3 aromatic carbocycles. The van der Waals surface area contributed by atoms with Crippen LogP contribution in [0.15, 0.2) is 72.8 Å². The van der Waals surface area contributed by atoms with Gasteiger partial charge >= 0.3 is 23.9 Å². The Morgan fingerprint density at radius 2 is 0.773 bits per heavy atom. The Kier molecular flexibility index (Phi) is 11.9. The molecule has 24 nitrogen and oxygen atoms in total. The summed E-state index contributed by atoms with van der Waals surface area (Å²) < 4.78 is 71.8. The average molecular weight is 1370 g/mol. The zero-order chi connectivity index (χ0) is 67.3. The van der Waals surface area contributed by atoms with Crippen molar-refractivity contribution in [2.24, 2.45) is 141 Å². The first-order valence-corrected chi connectivity index (χ1v) is 34.1. The monoisotopic (exact) mass is 1370 g/mol. The van der Waals surface area contributed by atoms with E-state index in [2.05, 4.69) is 21.3 Å². The highest BCUT2D eigenvalue weighted by molar-refractivity contribution is 7.80. The van der Waals surface area contributed by atoms with E-state index in [1.807, 2.05) is 0 Å². The number of rotatable bonds is 14. The Labute approximate surface area is 562 Å². The van der Waals surface area contributed by atoms with Gasteiger partial charge < -0.3 is 54.4 Å². The number of methoxy groups -OCH3 is 5. The number of esters is 4. The van der Waals surface area contributed by atoms with Crippen LogP contribution in [-0.4, -0.2) is 163 Å². The van der Waals surface area contributed by atoms with E-state index in [1.165, 1.54) is 98.8 Å². The maximum Gasteiger partial charge on any atom is 0.338 e. The average Bonchev–Trinajstić information content (AvgIpc) is 1.37. The highest BCUT2D eigenvalue weighted by Gasteiger charge is 3.11. The SMILES string of the molecule is COC(=O)C12OC(C(=O)OC)(C3C4CC(C5C(=O)N(CCNC(=S)Nc6ccc(F)cc6)C(=O)C45)C31)C1C2C2C3C4C5C6C(C3C3(C(=O)N(c7ccc(OC)cc7)C(=O)C253)C41)C1(C(=O)OC)OC6(C(=O)OC)C2C3CC(C4C(=O)N(CCNC(=S)Nc5ccc(F)cc5)C(=O)C34)C21. The van der Waals surface area contributed by atoms with Gasteiger partial charge in [0.1, 0.15) is 17.4 Å². The number of amides is 6. The third kappa shape index (κ3) is 6.15. The second-order valence-electron chi connectivity index (χ2n) is 29.9. The van der Waals surface area contributed by atoms with Crippen LogP contribution in [0.1, 0.15) is 12.8 Å². The van der Waals surface area contributed by atoms with E-state index in [0.29, 0.717) is 17.1 Å². The second-order valence-corrected chi connectivity index (χ2v) is 30.7. The lowest BCUT2D eigenvalue weighted by Gasteiger charge is -2.62. The topological polar surface area (TPSA) is 293 Å². The molecule has 97 heavy (non-hydrogen) atoms. The van der Waals surface area contributed by atoms with Gasteiger partial charge in [-0.3, -0.25) is 38.6 Å². The van der Waals surface area contributed by atoms with Gasteiger partial charge in [0.25, 0.3) is 0 Å². The molecule has 3 aromatic rings. The number of fused-ring (bicyclic) bond motifs is 24. The van der Waals surface area contributed by atoms with E-state index in [0.717, 1.165) is 0 Å². The number of ether oxygens (including phenoxy) is 7. The fourth-order valence-corrected chi connectivity index (χ4v) is 27.8. The first-order chi connectivity index (χ1) is 46.7. The van der Waals surface area contributed by atoms with Crippen LogP contribution in [0.4, 0.5) is 25.8 Å². The van der Waals surface area contributed by atoms with Gasteiger partial charge in [-0.05, 0) is 169 Å². The second kappa shape index (κ2) is 19.2. The van der Waals surface area contributed by atoms with E-state index in [-0.39, 0.29) is 54.9 Å². The van der Waals surface area contributed by atoms with E-state index in [9.17, 15) is 8.78 Å². The zero-order valence-electron chi connectivity index (χ0n) is 52.7. The van der Waals surface area contributed by atoms with Gasteiger partial charge in [0.15, 0.2) is 32.6 Å². The Morgan fingerprint density at radius 1 is 0.464 bits per heavy atom. The van der Waals surface area contributed by atoms with Crippen LogP contribution >= 0.6 is 24.4 Å². The molecular weight excluding hydrogens is 1300 g/mol. The number of thiocarbonyl (C=S) groups is 2. The molecule has 19 aliphatic rings. The maximum absolute atomic E-state index is 17.2. The maximum atomic E-state index is 17.2. The number of hydrogen-bond donors (Lipinski definition) is 4. The predicted molar refractivity (Wildman–Crippen MR) is 332 cm³/mol. The molecule has 28 heteroatoms.